The van der Waals surface area contributed by atoms with Crippen molar-refractivity contribution in [1.29, 1.82) is 0 Å². The minimum absolute atomic E-state index is 0.278. The van der Waals surface area contributed by atoms with E-state index in [-0.39, 0.29) is 6.10 Å². The Labute approximate surface area is 87.5 Å². The van der Waals surface area contributed by atoms with Crippen molar-refractivity contribution < 1.29 is 18.9 Å². The second-order valence-electron chi connectivity index (χ2n) is 2.71. The van der Waals surface area contributed by atoms with Crippen LogP contribution in [-0.2, 0) is 18.9 Å². The van der Waals surface area contributed by atoms with E-state index in [1.54, 1.807) is 28.4 Å². The smallest absolute Gasteiger partial charge is 0.0801 e. The lowest BCUT2D eigenvalue weighted by Gasteiger charge is -2.09. The standard InChI is InChI=1S/C6H14O2.C4H10O2/c1-4-6(8-3)5-7-2;1-5-3-4-6-2/h6H,4-5H2,1-3H3;3-4H2,1-2H3. The Bertz CT molecular complexity index is 80.2. The van der Waals surface area contributed by atoms with Gasteiger partial charge in [0.2, 0.25) is 0 Å². The molecule has 0 rings (SSSR count). The van der Waals surface area contributed by atoms with Gasteiger partial charge < -0.3 is 18.9 Å². The topological polar surface area (TPSA) is 36.9 Å². The largest absolute Gasteiger partial charge is 0.382 e. The SMILES string of the molecule is CCC(COC)OC.COCCOC. The fourth-order valence-electron chi connectivity index (χ4n) is 0.705. The Kier molecular flexibility index (Phi) is 17.8. The van der Waals surface area contributed by atoms with Crippen molar-refractivity contribution in [3.63, 3.8) is 0 Å². The molecule has 0 aromatic heterocycles. The average Bonchev–Trinajstić information content (AvgIpc) is 2.24. The van der Waals surface area contributed by atoms with E-state index < -0.39 is 0 Å². The van der Waals surface area contributed by atoms with Gasteiger partial charge in [0.25, 0.3) is 0 Å². The van der Waals surface area contributed by atoms with Crippen molar-refractivity contribution in [1.82, 2.24) is 0 Å². The van der Waals surface area contributed by atoms with Crippen LogP contribution in [0.25, 0.3) is 0 Å². The Morgan fingerprint density at radius 2 is 1.36 bits per heavy atom. The molecule has 0 aliphatic heterocycles. The third-order valence-electron chi connectivity index (χ3n) is 1.63. The van der Waals surface area contributed by atoms with E-state index in [1.807, 2.05) is 0 Å². The summed E-state index contributed by atoms with van der Waals surface area (Å²) in [4.78, 5) is 0. The minimum Gasteiger partial charge on any atom is -0.382 e. The zero-order chi connectivity index (χ0) is 11.2. The van der Waals surface area contributed by atoms with Crippen molar-refractivity contribution in [2.24, 2.45) is 0 Å². The second kappa shape index (κ2) is 15.3. The third-order valence-corrected chi connectivity index (χ3v) is 1.63. The van der Waals surface area contributed by atoms with E-state index in [2.05, 4.69) is 16.4 Å². The first-order valence-corrected chi connectivity index (χ1v) is 4.76. The van der Waals surface area contributed by atoms with Crippen molar-refractivity contribution in [3.8, 4) is 0 Å². The highest BCUT2D eigenvalue weighted by Gasteiger charge is 2.00. The summed E-state index contributed by atoms with van der Waals surface area (Å²) in [6, 6.07) is 0. The number of hydrogen-bond donors (Lipinski definition) is 0. The molecule has 0 aliphatic carbocycles. The Balaban J connectivity index is 0. The predicted octanol–water partition coefficient (Wildman–Crippen LogP) is 1.34. The van der Waals surface area contributed by atoms with Gasteiger partial charge in [-0.2, -0.15) is 0 Å². The molecule has 0 heterocycles. The van der Waals surface area contributed by atoms with Crippen LogP contribution in [0.3, 0.4) is 0 Å². The molecule has 0 spiro atoms. The van der Waals surface area contributed by atoms with Crippen LogP contribution in [0.15, 0.2) is 0 Å². The number of methoxy groups -OCH3 is 4. The molecule has 0 aromatic carbocycles. The second-order valence-corrected chi connectivity index (χ2v) is 2.71. The summed E-state index contributed by atoms with van der Waals surface area (Å²) >= 11 is 0. The summed E-state index contributed by atoms with van der Waals surface area (Å²) in [5.74, 6) is 0. The molecule has 1 atom stereocenters. The fourth-order valence-corrected chi connectivity index (χ4v) is 0.705. The van der Waals surface area contributed by atoms with E-state index in [1.165, 1.54) is 0 Å². The Morgan fingerprint density at radius 1 is 0.857 bits per heavy atom. The first kappa shape index (κ1) is 16.3. The number of ether oxygens (including phenoxy) is 4. The summed E-state index contributed by atoms with van der Waals surface area (Å²) in [6.45, 7) is 4.16. The van der Waals surface area contributed by atoms with Gasteiger partial charge in [-0.05, 0) is 6.42 Å². The average molecular weight is 208 g/mol. The molecule has 0 radical (unpaired) electrons. The van der Waals surface area contributed by atoms with E-state index in [4.69, 9.17) is 9.47 Å². The first-order valence-electron chi connectivity index (χ1n) is 4.76. The van der Waals surface area contributed by atoms with Gasteiger partial charge >= 0.3 is 0 Å². The number of rotatable bonds is 7. The van der Waals surface area contributed by atoms with Crippen molar-refractivity contribution in [2.45, 2.75) is 19.4 Å². The summed E-state index contributed by atoms with van der Waals surface area (Å²) in [6.07, 6.45) is 1.30. The molecule has 0 amide bonds. The minimum atomic E-state index is 0.278. The predicted molar refractivity (Wildman–Crippen MR) is 56.7 cm³/mol. The molecular weight excluding hydrogens is 184 g/mol. The van der Waals surface area contributed by atoms with Gasteiger partial charge in [0.1, 0.15) is 0 Å². The maximum absolute atomic E-state index is 5.01. The molecule has 0 saturated heterocycles. The molecule has 4 nitrogen and oxygen atoms in total. The van der Waals surface area contributed by atoms with E-state index >= 15 is 0 Å². The molecule has 0 N–H and O–H groups in total. The van der Waals surface area contributed by atoms with Gasteiger partial charge in [-0.25, -0.2) is 0 Å². The van der Waals surface area contributed by atoms with Gasteiger partial charge in [-0.3, -0.25) is 0 Å². The molecule has 0 aromatic rings. The van der Waals surface area contributed by atoms with Crippen molar-refractivity contribution in [2.75, 3.05) is 48.3 Å². The summed E-state index contributed by atoms with van der Waals surface area (Å²) < 4.78 is 19.2. The normalized spacial score (nSPS) is 11.8. The molecular formula is C10H24O4. The van der Waals surface area contributed by atoms with Gasteiger partial charge in [0.05, 0.1) is 25.9 Å². The summed E-state index contributed by atoms with van der Waals surface area (Å²) in [5.41, 5.74) is 0. The highest BCUT2D eigenvalue weighted by atomic mass is 16.5. The maximum Gasteiger partial charge on any atom is 0.0801 e. The third kappa shape index (κ3) is 14.4. The summed E-state index contributed by atoms with van der Waals surface area (Å²) in [5, 5.41) is 0. The van der Waals surface area contributed by atoms with Gasteiger partial charge in [0, 0.05) is 28.4 Å². The Morgan fingerprint density at radius 3 is 1.50 bits per heavy atom. The van der Waals surface area contributed by atoms with Crippen LogP contribution in [-0.4, -0.2) is 54.4 Å². The molecule has 0 fully saturated rings. The van der Waals surface area contributed by atoms with E-state index in [0.29, 0.717) is 19.8 Å². The molecule has 14 heavy (non-hydrogen) atoms. The monoisotopic (exact) mass is 208 g/mol. The fraction of sp³-hybridized carbons (Fsp3) is 1.00. The Hall–Kier alpha value is -0.160. The van der Waals surface area contributed by atoms with Crippen LogP contribution in [0.4, 0.5) is 0 Å². The van der Waals surface area contributed by atoms with Gasteiger partial charge in [-0.15, -0.1) is 0 Å². The lowest BCUT2D eigenvalue weighted by Crippen LogP contribution is -2.15. The van der Waals surface area contributed by atoms with Crippen LogP contribution in [0.1, 0.15) is 13.3 Å². The van der Waals surface area contributed by atoms with Crippen LogP contribution in [0, 0.1) is 0 Å². The lowest BCUT2D eigenvalue weighted by molar-refractivity contribution is 0.0265. The molecule has 88 valence electrons. The van der Waals surface area contributed by atoms with Crippen LogP contribution >= 0.6 is 0 Å². The highest BCUT2D eigenvalue weighted by molar-refractivity contribution is 4.49. The number of hydrogen-bond acceptors (Lipinski definition) is 4. The zero-order valence-electron chi connectivity index (χ0n) is 10.0. The van der Waals surface area contributed by atoms with Gasteiger partial charge in [-0.1, -0.05) is 6.92 Å². The lowest BCUT2D eigenvalue weighted by atomic mass is 10.3. The molecule has 4 heteroatoms. The maximum atomic E-state index is 5.01. The van der Waals surface area contributed by atoms with Crippen LogP contribution in [0.2, 0.25) is 0 Å². The summed E-state index contributed by atoms with van der Waals surface area (Å²) in [7, 11) is 6.69. The van der Waals surface area contributed by atoms with Crippen molar-refractivity contribution >= 4 is 0 Å². The zero-order valence-corrected chi connectivity index (χ0v) is 10.0. The van der Waals surface area contributed by atoms with Crippen molar-refractivity contribution in [3.05, 3.63) is 0 Å². The molecule has 0 saturated carbocycles. The first-order chi connectivity index (χ1) is 6.76. The van der Waals surface area contributed by atoms with E-state index in [9.17, 15) is 0 Å². The molecule has 0 aliphatic rings. The molecule has 0 bridgehead atoms. The molecule has 1 unspecified atom stereocenters. The van der Waals surface area contributed by atoms with Gasteiger partial charge in [0.15, 0.2) is 0 Å². The van der Waals surface area contributed by atoms with Crippen LogP contribution in [0.5, 0.6) is 0 Å². The quantitative estimate of drug-likeness (QED) is 0.592. The van der Waals surface area contributed by atoms with Crippen LogP contribution < -0.4 is 0 Å². The van der Waals surface area contributed by atoms with E-state index in [0.717, 1.165) is 6.42 Å². The highest BCUT2D eigenvalue weighted by Crippen LogP contribution is 1.94.